The maximum absolute atomic E-state index is 5.53. The highest BCUT2D eigenvalue weighted by atomic mass is 79.9. The van der Waals surface area contributed by atoms with Crippen LogP contribution in [0.1, 0.15) is 30.2 Å². The molecule has 1 aromatic rings. The van der Waals surface area contributed by atoms with Crippen molar-refractivity contribution in [3.63, 3.8) is 0 Å². The van der Waals surface area contributed by atoms with Crippen LogP contribution in [0.25, 0.3) is 0 Å². The Balaban J connectivity index is 2.41. The molecular weight excluding hydrogens is 258 g/mol. The standard InChI is InChI=1S/C11H18BrNS/c1-8(5-6-13)3-4-10-7-11(12)14-9(10)2/h7-8H,3-6,13H2,1-2H3. The number of halogens is 1. The topological polar surface area (TPSA) is 26.0 Å². The summed E-state index contributed by atoms with van der Waals surface area (Å²) >= 11 is 5.35. The summed E-state index contributed by atoms with van der Waals surface area (Å²) in [7, 11) is 0. The first-order valence-electron chi connectivity index (χ1n) is 5.08. The van der Waals surface area contributed by atoms with Crippen molar-refractivity contribution in [1.82, 2.24) is 0 Å². The van der Waals surface area contributed by atoms with Crippen molar-refractivity contribution in [2.45, 2.75) is 33.1 Å². The third-order valence-corrected chi connectivity index (χ3v) is 4.15. The average Bonchev–Trinajstić information content (AvgIpc) is 2.42. The maximum Gasteiger partial charge on any atom is 0.0704 e. The zero-order valence-corrected chi connectivity index (χ0v) is 11.2. The van der Waals surface area contributed by atoms with Crippen molar-refractivity contribution >= 4 is 27.3 Å². The van der Waals surface area contributed by atoms with Crippen LogP contribution in [0.15, 0.2) is 9.85 Å². The van der Waals surface area contributed by atoms with E-state index in [1.165, 1.54) is 27.1 Å². The van der Waals surface area contributed by atoms with Gasteiger partial charge >= 0.3 is 0 Å². The molecule has 0 saturated carbocycles. The van der Waals surface area contributed by atoms with Gasteiger partial charge in [-0.05, 0) is 66.2 Å². The molecule has 2 N–H and O–H groups in total. The fraction of sp³-hybridized carbons (Fsp3) is 0.636. The van der Waals surface area contributed by atoms with E-state index >= 15 is 0 Å². The van der Waals surface area contributed by atoms with E-state index in [0.29, 0.717) is 0 Å². The molecule has 0 saturated heterocycles. The molecular formula is C11H18BrNS. The Labute approximate surface area is 98.8 Å². The fourth-order valence-electron chi connectivity index (χ4n) is 1.56. The molecule has 3 heteroatoms. The molecule has 0 spiro atoms. The van der Waals surface area contributed by atoms with Gasteiger partial charge in [0, 0.05) is 4.88 Å². The molecule has 0 aliphatic heterocycles. The summed E-state index contributed by atoms with van der Waals surface area (Å²) in [6.07, 6.45) is 3.58. The second-order valence-electron chi connectivity index (χ2n) is 3.85. The fourth-order valence-corrected chi connectivity index (χ4v) is 3.35. The van der Waals surface area contributed by atoms with Crippen molar-refractivity contribution in [2.75, 3.05) is 6.54 Å². The first-order chi connectivity index (χ1) is 6.63. The molecule has 14 heavy (non-hydrogen) atoms. The normalized spacial score (nSPS) is 13.1. The van der Waals surface area contributed by atoms with Crippen LogP contribution in [0.5, 0.6) is 0 Å². The molecule has 0 aromatic carbocycles. The van der Waals surface area contributed by atoms with Gasteiger partial charge in [-0.25, -0.2) is 0 Å². The Hall–Kier alpha value is 0.140. The quantitative estimate of drug-likeness (QED) is 0.871. The summed E-state index contributed by atoms with van der Waals surface area (Å²) in [5.41, 5.74) is 7.02. The maximum atomic E-state index is 5.53. The van der Waals surface area contributed by atoms with Crippen LogP contribution in [0, 0.1) is 12.8 Å². The predicted octanol–water partition coefficient (Wildman–Crippen LogP) is 3.74. The van der Waals surface area contributed by atoms with Gasteiger partial charge in [-0.1, -0.05) is 6.92 Å². The van der Waals surface area contributed by atoms with Gasteiger partial charge in [-0.15, -0.1) is 11.3 Å². The molecule has 1 atom stereocenters. The van der Waals surface area contributed by atoms with Crippen molar-refractivity contribution < 1.29 is 0 Å². The molecule has 1 aromatic heterocycles. The van der Waals surface area contributed by atoms with Crippen LogP contribution in [0.4, 0.5) is 0 Å². The lowest BCUT2D eigenvalue weighted by atomic mass is 9.99. The second-order valence-corrected chi connectivity index (χ2v) is 6.49. The summed E-state index contributed by atoms with van der Waals surface area (Å²) < 4.78 is 1.25. The molecule has 1 unspecified atom stereocenters. The van der Waals surface area contributed by atoms with Gasteiger partial charge in [0.25, 0.3) is 0 Å². The number of aryl methyl sites for hydroxylation is 2. The monoisotopic (exact) mass is 275 g/mol. The number of hydrogen-bond donors (Lipinski definition) is 1. The molecule has 1 rings (SSSR count). The van der Waals surface area contributed by atoms with Crippen molar-refractivity contribution in [1.29, 1.82) is 0 Å². The van der Waals surface area contributed by atoms with E-state index < -0.39 is 0 Å². The molecule has 0 aliphatic carbocycles. The minimum Gasteiger partial charge on any atom is -0.330 e. The smallest absolute Gasteiger partial charge is 0.0704 e. The van der Waals surface area contributed by atoms with Crippen LogP contribution in [-0.2, 0) is 6.42 Å². The minimum absolute atomic E-state index is 0.748. The number of nitrogens with two attached hydrogens (primary N) is 1. The molecule has 80 valence electrons. The Morgan fingerprint density at radius 3 is 2.71 bits per heavy atom. The zero-order chi connectivity index (χ0) is 10.6. The number of hydrogen-bond acceptors (Lipinski definition) is 2. The Morgan fingerprint density at radius 2 is 2.21 bits per heavy atom. The van der Waals surface area contributed by atoms with Crippen molar-refractivity contribution in [3.8, 4) is 0 Å². The first kappa shape index (κ1) is 12.2. The van der Waals surface area contributed by atoms with Gasteiger partial charge < -0.3 is 5.73 Å². The summed E-state index contributed by atoms with van der Waals surface area (Å²) in [5.74, 6) is 0.748. The van der Waals surface area contributed by atoms with Gasteiger partial charge in [-0.3, -0.25) is 0 Å². The van der Waals surface area contributed by atoms with Crippen LogP contribution in [0.2, 0.25) is 0 Å². The van der Waals surface area contributed by atoms with Gasteiger partial charge in [0.15, 0.2) is 0 Å². The molecule has 0 amide bonds. The number of thiophene rings is 1. The predicted molar refractivity (Wildman–Crippen MR) is 67.9 cm³/mol. The van der Waals surface area contributed by atoms with Crippen molar-refractivity contribution in [2.24, 2.45) is 11.7 Å². The third-order valence-electron chi connectivity index (χ3n) is 2.56. The van der Waals surface area contributed by atoms with Gasteiger partial charge in [0.05, 0.1) is 3.79 Å². The molecule has 0 bridgehead atoms. The lowest BCUT2D eigenvalue weighted by Crippen LogP contribution is -2.06. The third kappa shape index (κ3) is 3.71. The lowest BCUT2D eigenvalue weighted by molar-refractivity contribution is 0.499. The zero-order valence-electron chi connectivity index (χ0n) is 8.85. The largest absolute Gasteiger partial charge is 0.330 e. The highest BCUT2D eigenvalue weighted by Gasteiger charge is 2.06. The van der Waals surface area contributed by atoms with Crippen LogP contribution >= 0.6 is 27.3 Å². The van der Waals surface area contributed by atoms with E-state index in [-0.39, 0.29) is 0 Å². The van der Waals surface area contributed by atoms with E-state index in [0.717, 1.165) is 18.9 Å². The SMILES string of the molecule is Cc1sc(Br)cc1CCC(C)CCN. The molecule has 0 fully saturated rings. The minimum atomic E-state index is 0.748. The highest BCUT2D eigenvalue weighted by Crippen LogP contribution is 2.28. The van der Waals surface area contributed by atoms with Gasteiger partial charge in [0.1, 0.15) is 0 Å². The average molecular weight is 276 g/mol. The first-order valence-corrected chi connectivity index (χ1v) is 6.69. The van der Waals surface area contributed by atoms with Gasteiger partial charge in [-0.2, -0.15) is 0 Å². The van der Waals surface area contributed by atoms with Gasteiger partial charge in [0.2, 0.25) is 0 Å². The van der Waals surface area contributed by atoms with E-state index in [2.05, 4.69) is 35.8 Å². The van der Waals surface area contributed by atoms with Crippen molar-refractivity contribution in [3.05, 3.63) is 20.3 Å². The molecule has 0 radical (unpaired) electrons. The Morgan fingerprint density at radius 1 is 1.50 bits per heavy atom. The number of rotatable bonds is 5. The Kier molecular flexibility index (Phi) is 5.13. The molecule has 0 aliphatic rings. The van der Waals surface area contributed by atoms with E-state index in [1.807, 2.05) is 11.3 Å². The Bertz CT molecular complexity index is 283. The van der Waals surface area contributed by atoms with E-state index in [4.69, 9.17) is 5.73 Å². The van der Waals surface area contributed by atoms with Crippen LogP contribution in [-0.4, -0.2) is 6.54 Å². The van der Waals surface area contributed by atoms with Crippen LogP contribution in [0.3, 0.4) is 0 Å². The summed E-state index contributed by atoms with van der Waals surface area (Å²) in [5, 5.41) is 0. The van der Waals surface area contributed by atoms with E-state index in [9.17, 15) is 0 Å². The lowest BCUT2D eigenvalue weighted by Gasteiger charge is -2.08. The highest BCUT2D eigenvalue weighted by molar-refractivity contribution is 9.11. The van der Waals surface area contributed by atoms with Crippen LogP contribution < -0.4 is 5.73 Å². The molecule has 1 nitrogen and oxygen atoms in total. The summed E-state index contributed by atoms with van der Waals surface area (Å²) in [6.45, 7) is 5.29. The summed E-state index contributed by atoms with van der Waals surface area (Å²) in [6, 6.07) is 2.25. The summed E-state index contributed by atoms with van der Waals surface area (Å²) in [4.78, 5) is 1.44. The second kappa shape index (κ2) is 5.89. The molecule has 1 heterocycles. The van der Waals surface area contributed by atoms with E-state index in [1.54, 1.807) is 0 Å².